The van der Waals surface area contributed by atoms with Gasteiger partial charge in [-0.05, 0) is 53.3 Å². The molecule has 1 aliphatic carbocycles. The molecular formula is C21H21BrN6O. The minimum atomic E-state index is -0.0485. The molecule has 1 unspecified atom stereocenters. The van der Waals surface area contributed by atoms with Gasteiger partial charge in [-0.1, -0.05) is 11.6 Å². The van der Waals surface area contributed by atoms with Gasteiger partial charge in [0.1, 0.15) is 0 Å². The predicted octanol–water partition coefficient (Wildman–Crippen LogP) is 3.63. The van der Waals surface area contributed by atoms with Gasteiger partial charge in [-0.2, -0.15) is 10.2 Å². The number of amides is 1. The molecule has 3 aromatic heterocycles. The van der Waals surface area contributed by atoms with Crippen molar-refractivity contribution in [3.63, 3.8) is 0 Å². The van der Waals surface area contributed by atoms with Crippen molar-refractivity contribution in [1.29, 1.82) is 0 Å². The van der Waals surface area contributed by atoms with Crippen molar-refractivity contribution in [1.82, 2.24) is 29.3 Å². The third kappa shape index (κ3) is 3.21. The lowest BCUT2D eigenvalue weighted by Crippen LogP contribution is -2.44. The standard InChI is InChI=1S/C21H21BrN6O/c1-13-18-7-15(16-9-24-26(2)11-16)4-3-14(18)5-6-27(13)21(29)19-8-20-23-10-17(22)12-28(20)25-19/h7-13H,3-6H2,1-2H3. The normalized spacial score (nSPS) is 19.5. The molecule has 3 aromatic rings. The molecule has 0 bridgehead atoms. The Bertz CT molecular complexity index is 1190. The highest BCUT2D eigenvalue weighted by molar-refractivity contribution is 9.10. The van der Waals surface area contributed by atoms with Crippen LogP contribution < -0.4 is 0 Å². The maximum atomic E-state index is 13.2. The molecule has 0 saturated carbocycles. The number of halogens is 1. The highest BCUT2D eigenvalue weighted by Gasteiger charge is 2.32. The second kappa shape index (κ2) is 6.95. The molecule has 29 heavy (non-hydrogen) atoms. The largest absolute Gasteiger partial charge is 0.330 e. The van der Waals surface area contributed by atoms with Crippen LogP contribution in [0.15, 0.2) is 52.5 Å². The summed E-state index contributed by atoms with van der Waals surface area (Å²) in [6.07, 6.45) is 12.7. The maximum absolute atomic E-state index is 13.2. The Morgan fingerprint density at radius 3 is 2.86 bits per heavy atom. The molecule has 2 aliphatic rings. The molecule has 4 heterocycles. The molecule has 5 rings (SSSR count). The van der Waals surface area contributed by atoms with Gasteiger partial charge in [0.25, 0.3) is 5.91 Å². The van der Waals surface area contributed by atoms with E-state index in [1.807, 2.05) is 29.0 Å². The van der Waals surface area contributed by atoms with Crippen LogP contribution >= 0.6 is 15.9 Å². The van der Waals surface area contributed by atoms with Gasteiger partial charge in [0.05, 0.1) is 16.7 Å². The van der Waals surface area contributed by atoms with Crippen LogP contribution in [0.2, 0.25) is 0 Å². The molecule has 148 valence electrons. The summed E-state index contributed by atoms with van der Waals surface area (Å²) in [5, 5.41) is 8.74. The van der Waals surface area contributed by atoms with Gasteiger partial charge in [0.15, 0.2) is 11.3 Å². The second-order valence-electron chi connectivity index (χ2n) is 7.66. The number of rotatable bonds is 2. The van der Waals surface area contributed by atoms with E-state index in [0.29, 0.717) is 11.3 Å². The number of carbonyl (C=O) groups is 1. The summed E-state index contributed by atoms with van der Waals surface area (Å²) in [6.45, 7) is 2.83. The van der Waals surface area contributed by atoms with E-state index in [1.165, 1.54) is 16.7 Å². The summed E-state index contributed by atoms with van der Waals surface area (Å²) in [4.78, 5) is 19.5. The summed E-state index contributed by atoms with van der Waals surface area (Å²) >= 11 is 3.39. The molecule has 8 heteroatoms. The highest BCUT2D eigenvalue weighted by atomic mass is 79.9. The number of nitrogens with zero attached hydrogens (tertiary/aromatic N) is 6. The zero-order valence-electron chi connectivity index (χ0n) is 16.3. The first-order valence-electron chi connectivity index (χ1n) is 9.73. The number of aromatic nitrogens is 5. The Kier molecular flexibility index (Phi) is 4.38. The van der Waals surface area contributed by atoms with E-state index in [0.717, 1.165) is 35.8 Å². The molecule has 1 atom stereocenters. The fourth-order valence-electron chi connectivity index (χ4n) is 4.29. The summed E-state index contributed by atoms with van der Waals surface area (Å²) in [7, 11) is 1.93. The molecule has 0 aromatic carbocycles. The fourth-order valence-corrected chi connectivity index (χ4v) is 4.59. The van der Waals surface area contributed by atoms with Crippen LogP contribution in [0.5, 0.6) is 0 Å². The molecule has 1 aliphatic heterocycles. The summed E-state index contributed by atoms with van der Waals surface area (Å²) in [5.74, 6) is -0.0485. The van der Waals surface area contributed by atoms with Crippen LogP contribution in [0.25, 0.3) is 11.2 Å². The summed E-state index contributed by atoms with van der Waals surface area (Å²) in [5.41, 5.74) is 6.27. The summed E-state index contributed by atoms with van der Waals surface area (Å²) < 4.78 is 4.29. The van der Waals surface area contributed by atoms with Crippen LogP contribution in [-0.2, 0) is 7.05 Å². The van der Waals surface area contributed by atoms with Gasteiger partial charge in [-0.15, -0.1) is 0 Å². The van der Waals surface area contributed by atoms with Gasteiger partial charge in [-0.3, -0.25) is 9.48 Å². The fraction of sp³-hybridized carbons (Fsp3) is 0.333. The zero-order valence-corrected chi connectivity index (χ0v) is 17.9. The Hall–Kier alpha value is -2.74. The third-order valence-electron chi connectivity index (χ3n) is 5.84. The van der Waals surface area contributed by atoms with E-state index in [9.17, 15) is 4.79 Å². The zero-order chi connectivity index (χ0) is 20.1. The molecular weight excluding hydrogens is 432 g/mol. The molecule has 0 fully saturated rings. The first-order chi connectivity index (χ1) is 14.0. The number of allylic oxidation sites excluding steroid dienone is 1. The lowest BCUT2D eigenvalue weighted by Gasteiger charge is -2.37. The van der Waals surface area contributed by atoms with Gasteiger partial charge < -0.3 is 4.90 Å². The lowest BCUT2D eigenvalue weighted by atomic mass is 9.82. The van der Waals surface area contributed by atoms with Crippen LogP contribution in [-0.4, -0.2) is 47.8 Å². The number of aryl methyl sites for hydroxylation is 1. The van der Waals surface area contributed by atoms with E-state index >= 15 is 0 Å². The lowest BCUT2D eigenvalue weighted by molar-refractivity contribution is 0.0701. The topological polar surface area (TPSA) is 68.3 Å². The minimum absolute atomic E-state index is 0.0164. The van der Waals surface area contributed by atoms with Crippen molar-refractivity contribution < 1.29 is 4.79 Å². The average Bonchev–Trinajstić information content (AvgIpc) is 3.33. The molecule has 0 spiro atoms. The van der Waals surface area contributed by atoms with Crippen molar-refractivity contribution in [2.75, 3.05) is 6.54 Å². The predicted molar refractivity (Wildman–Crippen MR) is 113 cm³/mol. The first-order valence-corrected chi connectivity index (χ1v) is 10.5. The van der Waals surface area contributed by atoms with Crippen LogP contribution in [0.4, 0.5) is 0 Å². The Balaban J connectivity index is 1.44. The molecule has 1 amide bonds. The van der Waals surface area contributed by atoms with Gasteiger partial charge >= 0.3 is 0 Å². The van der Waals surface area contributed by atoms with Crippen LogP contribution in [0.3, 0.4) is 0 Å². The Morgan fingerprint density at radius 2 is 2.07 bits per heavy atom. The number of hydrogen-bond donors (Lipinski definition) is 0. The van der Waals surface area contributed by atoms with E-state index in [2.05, 4.69) is 50.3 Å². The smallest absolute Gasteiger partial charge is 0.274 e. The van der Waals surface area contributed by atoms with Crippen LogP contribution in [0.1, 0.15) is 42.2 Å². The monoisotopic (exact) mass is 452 g/mol. The Labute approximate surface area is 176 Å². The van der Waals surface area contributed by atoms with E-state index in [-0.39, 0.29) is 11.9 Å². The number of carbonyl (C=O) groups excluding carboxylic acids is 1. The quantitative estimate of drug-likeness (QED) is 0.595. The molecule has 0 radical (unpaired) electrons. The van der Waals surface area contributed by atoms with Gasteiger partial charge in [0, 0.05) is 43.8 Å². The second-order valence-corrected chi connectivity index (χ2v) is 8.58. The first kappa shape index (κ1) is 18.3. The molecule has 0 N–H and O–H groups in total. The Morgan fingerprint density at radius 1 is 1.21 bits per heavy atom. The third-order valence-corrected chi connectivity index (χ3v) is 6.25. The van der Waals surface area contributed by atoms with E-state index in [4.69, 9.17) is 0 Å². The minimum Gasteiger partial charge on any atom is -0.330 e. The van der Waals surface area contributed by atoms with Gasteiger partial charge in [-0.25, -0.2) is 9.50 Å². The van der Waals surface area contributed by atoms with Crippen LogP contribution in [0, 0.1) is 0 Å². The van der Waals surface area contributed by atoms with Crippen molar-refractivity contribution in [3.05, 3.63) is 63.8 Å². The van der Waals surface area contributed by atoms with Crippen molar-refractivity contribution in [2.45, 2.75) is 32.2 Å². The van der Waals surface area contributed by atoms with Crippen molar-refractivity contribution >= 4 is 33.1 Å². The SMILES string of the molecule is CC1C2=C(CCC(c3cnn(C)c3)=C2)CCN1C(=O)c1cc2ncc(Br)cn2n1. The maximum Gasteiger partial charge on any atom is 0.274 e. The molecule has 0 saturated heterocycles. The number of fused-ring (bicyclic) bond motifs is 1. The van der Waals surface area contributed by atoms with E-state index < -0.39 is 0 Å². The molecule has 7 nitrogen and oxygen atoms in total. The van der Waals surface area contributed by atoms with Crippen molar-refractivity contribution in [3.8, 4) is 0 Å². The summed E-state index contributed by atoms with van der Waals surface area (Å²) in [6, 6.07) is 1.77. The highest BCUT2D eigenvalue weighted by Crippen LogP contribution is 2.37. The van der Waals surface area contributed by atoms with Gasteiger partial charge in [0.2, 0.25) is 0 Å². The average molecular weight is 453 g/mol. The number of hydrogen-bond acceptors (Lipinski definition) is 4. The van der Waals surface area contributed by atoms with E-state index in [1.54, 1.807) is 16.8 Å². The van der Waals surface area contributed by atoms with Crippen molar-refractivity contribution in [2.24, 2.45) is 7.05 Å².